The molecule has 0 N–H and O–H groups in total. The van der Waals surface area contributed by atoms with Gasteiger partial charge in [-0.05, 0) is 13.8 Å². The molecule has 0 spiro atoms. The molecular weight excluding hydrogens is 326 g/mol. The first-order valence-electron chi connectivity index (χ1n) is 5.79. The number of alkyl halides is 6. The van der Waals surface area contributed by atoms with E-state index in [-0.39, 0.29) is 19.3 Å². The maximum atomic E-state index is 12.4. The lowest BCUT2D eigenvalue weighted by Crippen LogP contribution is -2.44. The van der Waals surface area contributed by atoms with E-state index >= 15 is 0 Å². The highest BCUT2D eigenvalue weighted by Crippen LogP contribution is 2.37. The van der Waals surface area contributed by atoms with Gasteiger partial charge in [0.25, 0.3) is 6.10 Å². The number of carbonyl (C=O) groups is 2. The highest BCUT2D eigenvalue weighted by atomic mass is 19.4. The van der Waals surface area contributed by atoms with Crippen LogP contribution in [0.3, 0.4) is 0 Å². The second-order valence-corrected chi connectivity index (χ2v) is 3.56. The quantitative estimate of drug-likeness (QED) is 0.322. The zero-order chi connectivity index (χ0) is 17.6. The molecule has 0 heterocycles. The van der Waals surface area contributed by atoms with Crippen LogP contribution in [-0.2, 0) is 23.8 Å². The van der Waals surface area contributed by atoms with Gasteiger partial charge in [0, 0.05) is 0 Å². The molecule has 0 bridgehead atoms. The lowest BCUT2D eigenvalue weighted by molar-refractivity contribution is -0.312. The first-order valence-corrected chi connectivity index (χ1v) is 5.79. The molecule has 0 radical (unpaired) electrons. The van der Waals surface area contributed by atoms with Gasteiger partial charge in [-0.2, -0.15) is 26.3 Å². The Morgan fingerprint density at radius 2 is 1.41 bits per heavy atom. The maximum Gasteiger partial charge on any atom is 0.434 e. The monoisotopic (exact) mass is 338 g/mol. The molecule has 0 aromatic heterocycles. The molecule has 0 aliphatic heterocycles. The predicted octanol–water partition coefficient (Wildman–Crippen LogP) is 2.51. The first-order chi connectivity index (χ1) is 9.93. The van der Waals surface area contributed by atoms with E-state index < -0.39 is 36.2 Å². The molecule has 0 rings (SSSR count). The molecule has 22 heavy (non-hydrogen) atoms. The highest BCUT2D eigenvalue weighted by Gasteiger charge is 2.59. The van der Waals surface area contributed by atoms with E-state index in [1.165, 1.54) is 13.8 Å². The molecule has 0 saturated carbocycles. The molecule has 0 aromatic carbocycles. The van der Waals surface area contributed by atoms with Gasteiger partial charge in [0.2, 0.25) is 5.76 Å². The van der Waals surface area contributed by atoms with Crippen molar-refractivity contribution >= 4 is 11.9 Å². The summed E-state index contributed by atoms with van der Waals surface area (Å²) >= 11 is 0. The second-order valence-electron chi connectivity index (χ2n) is 3.56. The van der Waals surface area contributed by atoms with Crippen LogP contribution in [0, 0.1) is 0 Å². The minimum Gasteiger partial charge on any atom is -0.463 e. The molecular formula is C11H12F6O5. The van der Waals surface area contributed by atoms with Gasteiger partial charge < -0.3 is 14.2 Å². The summed E-state index contributed by atoms with van der Waals surface area (Å²) in [6.45, 7) is 2.02. The van der Waals surface area contributed by atoms with Gasteiger partial charge >= 0.3 is 24.3 Å². The van der Waals surface area contributed by atoms with Crippen molar-refractivity contribution in [2.24, 2.45) is 0 Å². The normalized spacial score (nSPS) is 13.0. The van der Waals surface area contributed by atoms with Crippen LogP contribution in [0.4, 0.5) is 26.3 Å². The van der Waals surface area contributed by atoms with Gasteiger partial charge in [-0.3, -0.25) is 0 Å². The van der Waals surface area contributed by atoms with Crippen molar-refractivity contribution < 1.29 is 50.1 Å². The van der Waals surface area contributed by atoms with E-state index in [4.69, 9.17) is 0 Å². The highest BCUT2D eigenvalue weighted by molar-refractivity contribution is 5.94. The van der Waals surface area contributed by atoms with Gasteiger partial charge in [-0.1, -0.05) is 0 Å². The molecule has 0 fully saturated rings. The molecule has 0 unspecified atom stereocenters. The number of hydrogen-bond donors (Lipinski definition) is 0. The summed E-state index contributed by atoms with van der Waals surface area (Å²) in [5, 5.41) is 0. The summed E-state index contributed by atoms with van der Waals surface area (Å²) in [6.07, 6.45) is -15.9. The Morgan fingerprint density at radius 3 is 1.77 bits per heavy atom. The zero-order valence-electron chi connectivity index (χ0n) is 11.4. The molecule has 0 aliphatic rings. The Labute approximate surface area is 120 Å². The minimum absolute atomic E-state index is 0.0615. The summed E-state index contributed by atoms with van der Waals surface area (Å²) in [7, 11) is 0. The van der Waals surface area contributed by atoms with Crippen LogP contribution in [0.25, 0.3) is 0 Å². The topological polar surface area (TPSA) is 61.8 Å². The van der Waals surface area contributed by atoms with Crippen molar-refractivity contribution in [2.45, 2.75) is 32.3 Å². The first kappa shape index (κ1) is 20.1. The van der Waals surface area contributed by atoms with Crippen LogP contribution >= 0.6 is 0 Å². The number of hydrogen-bond acceptors (Lipinski definition) is 5. The molecule has 0 aliphatic carbocycles. The maximum absolute atomic E-state index is 12.4. The van der Waals surface area contributed by atoms with Gasteiger partial charge in [0.1, 0.15) is 0 Å². The standard InChI is InChI=1S/C11H12F6O5/c1-3-20-7(18)5-6(8(19)21-4-2)22-9(10(12,13)14)11(15,16)17/h5,9H,3-4H2,1-2H3/b6-5+. The van der Waals surface area contributed by atoms with Crippen LogP contribution < -0.4 is 0 Å². The second kappa shape index (κ2) is 7.90. The fourth-order valence-electron chi connectivity index (χ4n) is 1.08. The SMILES string of the molecule is CCOC(=O)/C=C(/OC(C(F)(F)F)C(F)(F)F)C(=O)OCC. The largest absolute Gasteiger partial charge is 0.463 e. The number of halogens is 6. The average Bonchev–Trinajstić information content (AvgIpc) is 2.31. The van der Waals surface area contributed by atoms with Crippen molar-refractivity contribution in [1.82, 2.24) is 0 Å². The van der Waals surface area contributed by atoms with Crippen molar-refractivity contribution in [3.8, 4) is 0 Å². The van der Waals surface area contributed by atoms with Crippen molar-refractivity contribution in [3.05, 3.63) is 11.8 Å². The predicted molar refractivity (Wildman–Crippen MR) is 58.3 cm³/mol. The van der Waals surface area contributed by atoms with Crippen LogP contribution in [0.1, 0.15) is 13.8 Å². The number of carbonyl (C=O) groups excluding carboxylic acids is 2. The van der Waals surface area contributed by atoms with E-state index in [0.29, 0.717) is 0 Å². The molecule has 0 aromatic rings. The van der Waals surface area contributed by atoms with E-state index in [1.807, 2.05) is 0 Å². The van der Waals surface area contributed by atoms with Crippen LogP contribution in [0.2, 0.25) is 0 Å². The third-order valence-electron chi connectivity index (χ3n) is 1.85. The third-order valence-corrected chi connectivity index (χ3v) is 1.85. The van der Waals surface area contributed by atoms with Crippen molar-refractivity contribution in [2.75, 3.05) is 13.2 Å². The summed E-state index contributed by atoms with van der Waals surface area (Å²) in [5.74, 6) is -4.57. The summed E-state index contributed by atoms with van der Waals surface area (Å²) in [4.78, 5) is 22.4. The minimum atomic E-state index is -5.85. The van der Waals surface area contributed by atoms with Gasteiger partial charge in [-0.15, -0.1) is 0 Å². The number of esters is 2. The zero-order valence-corrected chi connectivity index (χ0v) is 11.4. The van der Waals surface area contributed by atoms with Crippen molar-refractivity contribution in [3.63, 3.8) is 0 Å². The van der Waals surface area contributed by atoms with Crippen LogP contribution in [-0.4, -0.2) is 43.6 Å². The van der Waals surface area contributed by atoms with Crippen LogP contribution in [0.5, 0.6) is 0 Å². The van der Waals surface area contributed by atoms with Gasteiger partial charge in [-0.25, -0.2) is 9.59 Å². The number of ether oxygens (including phenoxy) is 3. The van der Waals surface area contributed by atoms with Gasteiger partial charge in [0.15, 0.2) is 0 Å². The fraction of sp³-hybridized carbons (Fsp3) is 0.636. The third kappa shape index (κ3) is 6.68. The molecule has 5 nitrogen and oxygen atoms in total. The van der Waals surface area contributed by atoms with E-state index in [0.717, 1.165) is 0 Å². The van der Waals surface area contributed by atoms with Crippen LogP contribution in [0.15, 0.2) is 11.8 Å². The molecule has 0 saturated heterocycles. The lowest BCUT2D eigenvalue weighted by Gasteiger charge is -2.24. The van der Waals surface area contributed by atoms with Crippen molar-refractivity contribution in [1.29, 1.82) is 0 Å². The Bertz CT molecular complexity index is 412. The molecule has 0 amide bonds. The molecule has 11 heteroatoms. The van der Waals surface area contributed by atoms with E-state index in [1.54, 1.807) is 0 Å². The summed E-state index contributed by atoms with van der Waals surface area (Å²) in [6, 6.07) is 0. The van der Waals surface area contributed by atoms with E-state index in [9.17, 15) is 35.9 Å². The smallest absolute Gasteiger partial charge is 0.434 e. The Hall–Kier alpha value is -1.94. The molecule has 0 atom stereocenters. The van der Waals surface area contributed by atoms with E-state index in [2.05, 4.69) is 14.2 Å². The number of rotatable bonds is 6. The Balaban J connectivity index is 5.50. The molecule has 128 valence electrons. The lowest BCUT2D eigenvalue weighted by atomic mass is 10.3. The fourth-order valence-corrected chi connectivity index (χ4v) is 1.08. The average molecular weight is 338 g/mol. The van der Waals surface area contributed by atoms with Gasteiger partial charge in [0.05, 0.1) is 19.3 Å². The Kier molecular flexibility index (Phi) is 7.20. The summed E-state index contributed by atoms with van der Waals surface area (Å²) in [5.41, 5.74) is 0. The summed E-state index contributed by atoms with van der Waals surface area (Å²) < 4.78 is 86.4. The Morgan fingerprint density at radius 1 is 0.955 bits per heavy atom.